The quantitative estimate of drug-likeness (QED) is 0.823. The Kier molecular flexibility index (Phi) is 5.42. The molecular formula is C18H24N2O3. The van der Waals surface area contributed by atoms with Crippen molar-refractivity contribution in [2.75, 3.05) is 0 Å². The molecule has 1 heterocycles. The summed E-state index contributed by atoms with van der Waals surface area (Å²) in [5.41, 5.74) is 2.44. The summed E-state index contributed by atoms with van der Waals surface area (Å²) in [5.74, 6) is -1.30. The Bertz CT molecular complexity index is 718. The van der Waals surface area contributed by atoms with E-state index in [-0.39, 0.29) is 5.91 Å². The summed E-state index contributed by atoms with van der Waals surface area (Å²) < 4.78 is 1.94. The Labute approximate surface area is 136 Å². The van der Waals surface area contributed by atoms with Crippen LogP contribution >= 0.6 is 0 Å². The molecule has 5 heteroatoms. The molecule has 0 bridgehead atoms. The van der Waals surface area contributed by atoms with Crippen LogP contribution in [0.4, 0.5) is 0 Å². The van der Waals surface area contributed by atoms with Crippen LogP contribution in [0.5, 0.6) is 0 Å². The molecule has 2 rings (SSSR count). The van der Waals surface area contributed by atoms with E-state index < -0.39 is 12.0 Å². The molecule has 2 N–H and O–H groups in total. The van der Waals surface area contributed by atoms with Crippen LogP contribution < -0.4 is 5.32 Å². The fraction of sp³-hybridized carbons (Fsp3) is 0.444. The normalized spacial score (nSPS) is 12.3. The number of fused-ring (bicyclic) bond motifs is 1. The van der Waals surface area contributed by atoms with E-state index in [1.807, 2.05) is 49.6 Å². The topological polar surface area (TPSA) is 71.3 Å². The largest absolute Gasteiger partial charge is 0.480 e. The molecule has 1 aromatic heterocycles. The van der Waals surface area contributed by atoms with Crippen molar-refractivity contribution in [3.05, 3.63) is 35.5 Å². The SMILES string of the molecule is CCCCC(NC(=O)c1c(C)c2ccccc2n1CC)C(=O)O. The highest BCUT2D eigenvalue weighted by molar-refractivity contribution is 6.02. The minimum Gasteiger partial charge on any atom is -0.480 e. The van der Waals surface area contributed by atoms with Crippen LogP contribution in [0.3, 0.4) is 0 Å². The van der Waals surface area contributed by atoms with Crippen LogP contribution in [0.15, 0.2) is 24.3 Å². The van der Waals surface area contributed by atoms with E-state index >= 15 is 0 Å². The Morgan fingerprint density at radius 3 is 2.57 bits per heavy atom. The molecule has 1 amide bonds. The van der Waals surface area contributed by atoms with Crippen molar-refractivity contribution in [1.29, 1.82) is 0 Å². The number of carboxylic acids is 1. The van der Waals surface area contributed by atoms with Gasteiger partial charge in [0.1, 0.15) is 11.7 Å². The van der Waals surface area contributed by atoms with E-state index in [0.29, 0.717) is 18.7 Å². The van der Waals surface area contributed by atoms with Gasteiger partial charge in [-0.1, -0.05) is 38.0 Å². The number of aliphatic carboxylic acids is 1. The summed E-state index contributed by atoms with van der Waals surface area (Å²) in [6, 6.07) is 7.01. The molecule has 0 saturated carbocycles. The lowest BCUT2D eigenvalue weighted by molar-refractivity contribution is -0.139. The maximum Gasteiger partial charge on any atom is 0.326 e. The van der Waals surface area contributed by atoms with E-state index in [1.54, 1.807) is 0 Å². The zero-order valence-corrected chi connectivity index (χ0v) is 13.9. The van der Waals surface area contributed by atoms with Gasteiger partial charge in [-0.25, -0.2) is 4.79 Å². The molecule has 1 aromatic carbocycles. The van der Waals surface area contributed by atoms with Gasteiger partial charge in [0, 0.05) is 17.4 Å². The highest BCUT2D eigenvalue weighted by Gasteiger charge is 2.24. The summed E-state index contributed by atoms with van der Waals surface area (Å²) in [6.07, 6.45) is 2.11. The Morgan fingerprint density at radius 1 is 1.26 bits per heavy atom. The zero-order valence-electron chi connectivity index (χ0n) is 13.9. The summed E-state index contributed by atoms with van der Waals surface area (Å²) in [4.78, 5) is 24.1. The highest BCUT2D eigenvalue weighted by Crippen LogP contribution is 2.25. The van der Waals surface area contributed by atoms with Gasteiger partial charge in [0.15, 0.2) is 0 Å². The number of benzene rings is 1. The predicted octanol–water partition coefficient (Wildman–Crippen LogP) is 3.34. The number of carbonyl (C=O) groups excluding carboxylic acids is 1. The number of amides is 1. The number of aromatic nitrogens is 1. The Morgan fingerprint density at radius 2 is 1.96 bits per heavy atom. The number of hydrogen-bond acceptors (Lipinski definition) is 2. The van der Waals surface area contributed by atoms with E-state index in [2.05, 4.69) is 5.32 Å². The van der Waals surface area contributed by atoms with Crippen molar-refractivity contribution in [2.24, 2.45) is 0 Å². The van der Waals surface area contributed by atoms with Gasteiger partial charge >= 0.3 is 5.97 Å². The van der Waals surface area contributed by atoms with Crippen LogP contribution in [-0.2, 0) is 11.3 Å². The first-order valence-electron chi connectivity index (χ1n) is 8.12. The van der Waals surface area contributed by atoms with Gasteiger partial charge in [0.25, 0.3) is 5.91 Å². The van der Waals surface area contributed by atoms with Crippen LogP contribution in [-0.4, -0.2) is 27.6 Å². The first-order valence-corrected chi connectivity index (χ1v) is 8.12. The van der Waals surface area contributed by atoms with Crippen LogP contribution in [0.25, 0.3) is 10.9 Å². The third-order valence-electron chi connectivity index (χ3n) is 4.21. The number of carboxylic acid groups (broad SMARTS) is 1. The van der Waals surface area contributed by atoms with Crippen LogP contribution in [0.2, 0.25) is 0 Å². The average molecular weight is 316 g/mol. The van der Waals surface area contributed by atoms with Crippen molar-refractivity contribution in [1.82, 2.24) is 9.88 Å². The number of unbranched alkanes of at least 4 members (excludes halogenated alkanes) is 1. The number of nitrogens with one attached hydrogen (secondary N) is 1. The van der Waals surface area contributed by atoms with E-state index in [0.717, 1.165) is 29.3 Å². The van der Waals surface area contributed by atoms with Gasteiger partial charge in [-0.15, -0.1) is 0 Å². The van der Waals surface area contributed by atoms with Crippen molar-refractivity contribution >= 4 is 22.8 Å². The smallest absolute Gasteiger partial charge is 0.326 e. The molecule has 0 saturated heterocycles. The number of nitrogens with zero attached hydrogens (tertiary/aromatic N) is 1. The second kappa shape index (κ2) is 7.31. The fourth-order valence-corrected chi connectivity index (χ4v) is 2.99. The maximum absolute atomic E-state index is 12.7. The Balaban J connectivity index is 2.37. The third kappa shape index (κ3) is 3.38. The molecule has 23 heavy (non-hydrogen) atoms. The lowest BCUT2D eigenvalue weighted by Gasteiger charge is -2.15. The molecule has 0 aliphatic heterocycles. The van der Waals surface area contributed by atoms with Gasteiger partial charge in [-0.05, 0) is 31.9 Å². The minimum atomic E-state index is -0.983. The molecular weight excluding hydrogens is 292 g/mol. The molecule has 1 atom stereocenters. The molecule has 1 unspecified atom stereocenters. The monoisotopic (exact) mass is 316 g/mol. The number of para-hydroxylation sites is 1. The predicted molar refractivity (Wildman–Crippen MR) is 90.8 cm³/mol. The molecule has 0 aliphatic carbocycles. The molecule has 5 nitrogen and oxygen atoms in total. The van der Waals surface area contributed by atoms with Gasteiger partial charge < -0.3 is 15.0 Å². The lowest BCUT2D eigenvalue weighted by Crippen LogP contribution is -2.41. The minimum absolute atomic E-state index is 0.316. The Hall–Kier alpha value is -2.30. The fourth-order valence-electron chi connectivity index (χ4n) is 2.99. The van der Waals surface area contributed by atoms with Gasteiger partial charge in [-0.2, -0.15) is 0 Å². The molecule has 0 spiro atoms. The summed E-state index contributed by atoms with van der Waals surface area (Å²) in [7, 11) is 0. The van der Waals surface area contributed by atoms with E-state index in [4.69, 9.17) is 0 Å². The van der Waals surface area contributed by atoms with Crippen molar-refractivity contribution in [2.45, 2.75) is 52.6 Å². The lowest BCUT2D eigenvalue weighted by atomic mass is 10.1. The highest BCUT2D eigenvalue weighted by atomic mass is 16.4. The second-order valence-corrected chi connectivity index (χ2v) is 5.74. The van der Waals surface area contributed by atoms with E-state index in [1.165, 1.54) is 0 Å². The second-order valence-electron chi connectivity index (χ2n) is 5.74. The molecule has 0 radical (unpaired) electrons. The van der Waals surface area contributed by atoms with E-state index in [9.17, 15) is 14.7 Å². The van der Waals surface area contributed by atoms with Gasteiger partial charge in [0.2, 0.25) is 0 Å². The number of aryl methyl sites for hydroxylation is 2. The standard InChI is InChI=1S/C18H24N2O3/c1-4-6-10-14(18(22)23)19-17(21)16-12(3)13-9-7-8-11-15(13)20(16)5-2/h7-9,11,14H,4-6,10H2,1-3H3,(H,19,21)(H,22,23). The maximum atomic E-state index is 12.7. The molecule has 2 aromatic rings. The van der Waals surface area contributed by atoms with Crippen LogP contribution in [0, 0.1) is 6.92 Å². The van der Waals surface area contributed by atoms with Gasteiger partial charge in [0.05, 0.1) is 0 Å². The summed E-state index contributed by atoms with van der Waals surface area (Å²) in [6.45, 7) is 6.54. The molecule has 124 valence electrons. The summed E-state index contributed by atoms with van der Waals surface area (Å²) in [5, 5.41) is 13.0. The zero-order chi connectivity index (χ0) is 17.0. The number of rotatable bonds is 7. The average Bonchev–Trinajstić information content (AvgIpc) is 2.83. The summed E-state index contributed by atoms with van der Waals surface area (Å²) >= 11 is 0. The van der Waals surface area contributed by atoms with Crippen molar-refractivity contribution < 1.29 is 14.7 Å². The number of hydrogen-bond donors (Lipinski definition) is 2. The molecule has 0 fully saturated rings. The third-order valence-corrected chi connectivity index (χ3v) is 4.21. The first-order chi connectivity index (χ1) is 11.0. The van der Waals surface area contributed by atoms with Gasteiger partial charge in [-0.3, -0.25) is 4.79 Å². The van der Waals surface area contributed by atoms with Crippen molar-refractivity contribution in [3.8, 4) is 0 Å². The molecule has 0 aliphatic rings. The first kappa shape index (κ1) is 17.1. The van der Waals surface area contributed by atoms with Crippen molar-refractivity contribution in [3.63, 3.8) is 0 Å². The van der Waals surface area contributed by atoms with Crippen LogP contribution in [0.1, 0.15) is 49.2 Å². The number of carbonyl (C=O) groups is 2.